The van der Waals surface area contributed by atoms with Gasteiger partial charge in [0.25, 0.3) is 0 Å². The SMILES string of the molecule is CCC1(C(=O)NCC2(O)CCOC2)CCNC1. The molecule has 98 valence electrons. The van der Waals surface area contributed by atoms with Gasteiger partial charge in [-0.1, -0.05) is 6.92 Å². The molecule has 0 aromatic heterocycles. The molecule has 2 aliphatic heterocycles. The topological polar surface area (TPSA) is 70.6 Å². The number of carbonyl (C=O) groups excluding carboxylic acids is 1. The van der Waals surface area contributed by atoms with Gasteiger partial charge < -0.3 is 20.5 Å². The van der Waals surface area contributed by atoms with Gasteiger partial charge in [-0.05, 0) is 19.4 Å². The van der Waals surface area contributed by atoms with Crippen LogP contribution in [0.3, 0.4) is 0 Å². The molecule has 0 aromatic carbocycles. The molecule has 3 N–H and O–H groups in total. The molecule has 17 heavy (non-hydrogen) atoms. The van der Waals surface area contributed by atoms with Gasteiger partial charge in [-0.25, -0.2) is 0 Å². The molecule has 2 unspecified atom stereocenters. The maximum Gasteiger partial charge on any atom is 0.227 e. The Bertz CT molecular complexity index is 281. The first-order valence-corrected chi connectivity index (χ1v) is 6.39. The Morgan fingerprint density at radius 1 is 1.53 bits per heavy atom. The molecule has 0 aliphatic carbocycles. The van der Waals surface area contributed by atoms with E-state index in [2.05, 4.69) is 10.6 Å². The fraction of sp³-hybridized carbons (Fsp3) is 0.917. The highest BCUT2D eigenvalue weighted by molar-refractivity contribution is 5.83. The highest BCUT2D eigenvalue weighted by Gasteiger charge is 2.41. The van der Waals surface area contributed by atoms with Crippen LogP contribution in [0.2, 0.25) is 0 Å². The summed E-state index contributed by atoms with van der Waals surface area (Å²) in [5.74, 6) is 0.0605. The summed E-state index contributed by atoms with van der Waals surface area (Å²) in [6.45, 7) is 4.88. The Hall–Kier alpha value is -0.650. The van der Waals surface area contributed by atoms with Crippen LogP contribution < -0.4 is 10.6 Å². The molecule has 5 heteroatoms. The highest BCUT2D eigenvalue weighted by Crippen LogP contribution is 2.29. The molecule has 5 nitrogen and oxygen atoms in total. The summed E-state index contributed by atoms with van der Waals surface area (Å²) >= 11 is 0. The number of rotatable bonds is 4. The second kappa shape index (κ2) is 4.92. The lowest BCUT2D eigenvalue weighted by atomic mass is 9.83. The van der Waals surface area contributed by atoms with Gasteiger partial charge in [-0.3, -0.25) is 4.79 Å². The van der Waals surface area contributed by atoms with Crippen LogP contribution in [0, 0.1) is 5.41 Å². The van der Waals surface area contributed by atoms with Crippen molar-refractivity contribution in [2.75, 3.05) is 32.8 Å². The third-order valence-electron chi connectivity index (χ3n) is 4.06. The molecule has 2 aliphatic rings. The van der Waals surface area contributed by atoms with E-state index in [1.54, 1.807) is 0 Å². The van der Waals surface area contributed by atoms with Gasteiger partial charge in [-0.2, -0.15) is 0 Å². The Labute approximate surface area is 102 Å². The lowest BCUT2D eigenvalue weighted by Gasteiger charge is -2.28. The van der Waals surface area contributed by atoms with Crippen LogP contribution in [-0.2, 0) is 9.53 Å². The summed E-state index contributed by atoms with van der Waals surface area (Å²) in [5, 5.41) is 16.2. The number of carbonyl (C=O) groups is 1. The van der Waals surface area contributed by atoms with Crippen molar-refractivity contribution in [3.63, 3.8) is 0 Å². The Balaban J connectivity index is 1.88. The molecular formula is C12H22N2O3. The van der Waals surface area contributed by atoms with Gasteiger partial charge >= 0.3 is 0 Å². The van der Waals surface area contributed by atoms with Crippen LogP contribution >= 0.6 is 0 Å². The third-order valence-corrected chi connectivity index (χ3v) is 4.06. The van der Waals surface area contributed by atoms with E-state index < -0.39 is 5.60 Å². The van der Waals surface area contributed by atoms with Gasteiger partial charge in [0.05, 0.1) is 12.0 Å². The average molecular weight is 242 g/mol. The van der Waals surface area contributed by atoms with E-state index in [9.17, 15) is 9.90 Å². The molecule has 2 atom stereocenters. The second-order valence-electron chi connectivity index (χ2n) is 5.27. The van der Waals surface area contributed by atoms with Crippen molar-refractivity contribution in [2.24, 2.45) is 5.41 Å². The van der Waals surface area contributed by atoms with Gasteiger partial charge in [0, 0.05) is 26.1 Å². The minimum Gasteiger partial charge on any atom is -0.386 e. The molecule has 0 bridgehead atoms. The van der Waals surface area contributed by atoms with Gasteiger partial charge in [0.15, 0.2) is 0 Å². The lowest BCUT2D eigenvalue weighted by Crippen LogP contribution is -2.49. The smallest absolute Gasteiger partial charge is 0.227 e. The van der Waals surface area contributed by atoms with Gasteiger partial charge in [0.1, 0.15) is 5.60 Å². The number of nitrogens with one attached hydrogen (secondary N) is 2. The molecule has 0 aromatic rings. The van der Waals surface area contributed by atoms with Crippen LogP contribution in [0.1, 0.15) is 26.2 Å². The number of amides is 1. The predicted octanol–water partition coefficient (Wildman–Crippen LogP) is -0.356. The average Bonchev–Trinajstić information content (AvgIpc) is 2.96. The third kappa shape index (κ3) is 2.61. The highest BCUT2D eigenvalue weighted by atomic mass is 16.5. The van der Waals surface area contributed by atoms with Crippen molar-refractivity contribution in [3.8, 4) is 0 Å². The lowest BCUT2D eigenvalue weighted by molar-refractivity contribution is -0.131. The first-order chi connectivity index (χ1) is 8.10. The van der Waals surface area contributed by atoms with Crippen molar-refractivity contribution < 1.29 is 14.6 Å². The Kier molecular flexibility index (Phi) is 3.70. The van der Waals surface area contributed by atoms with Crippen molar-refractivity contribution >= 4 is 5.91 Å². The second-order valence-corrected chi connectivity index (χ2v) is 5.27. The van der Waals surface area contributed by atoms with Gasteiger partial charge in [0.2, 0.25) is 5.91 Å². The van der Waals surface area contributed by atoms with E-state index in [0.717, 1.165) is 25.9 Å². The molecule has 2 rings (SSSR count). The number of hydrogen-bond donors (Lipinski definition) is 3. The molecule has 0 saturated carbocycles. The van der Waals surface area contributed by atoms with E-state index in [1.807, 2.05) is 6.92 Å². The largest absolute Gasteiger partial charge is 0.386 e. The zero-order valence-electron chi connectivity index (χ0n) is 10.4. The van der Waals surface area contributed by atoms with Crippen molar-refractivity contribution in [1.82, 2.24) is 10.6 Å². The molecular weight excluding hydrogens is 220 g/mol. The van der Waals surface area contributed by atoms with Crippen LogP contribution in [0.5, 0.6) is 0 Å². The minimum atomic E-state index is -0.864. The van der Waals surface area contributed by atoms with Crippen LogP contribution in [0.15, 0.2) is 0 Å². The number of aliphatic hydroxyl groups is 1. The summed E-state index contributed by atoms with van der Waals surface area (Å²) < 4.78 is 5.16. The number of hydrogen-bond acceptors (Lipinski definition) is 4. The molecule has 0 spiro atoms. The van der Waals surface area contributed by atoms with Crippen LogP contribution in [0.25, 0.3) is 0 Å². The summed E-state index contributed by atoms with van der Waals surface area (Å²) in [6.07, 6.45) is 2.32. The number of ether oxygens (including phenoxy) is 1. The quantitative estimate of drug-likeness (QED) is 0.630. The van der Waals surface area contributed by atoms with Crippen LogP contribution in [-0.4, -0.2) is 49.5 Å². The normalized spacial score (nSPS) is 37.3. The van der Waals surface area contributed by atoms with Crippen molar-refractivity contribution in [2.45, 2.75) is 31.8 Å². The predicted molar refractivity (Wildman–Crippen MR) is 63.6 cm³/mol. The van der Waals surface area contributed by atoms with E-state index in [1.165, 1.54) is 0 Å². The van der Waals surface area contributed by atoms with E-state index in [0.29, 0.717) is 26.2 Å². The van der Waals surface area contributed by atoms with E-state index in [-0.39, 0.29) is 11.3 Å². The maximum absolute atomic E-state index is 12.2. The summed E-state index contributed by atoms with van der Waals surface area (Å²) in [4.78, 5) is 12.2. The molecule has 2 saturated heterocycles. The van der Waals surface area contributed by atoms with Gasteiger partial charge in [-0.15, -0.1) is 0 Å². The molecule has 2 fully saturated rings. The molecule has 2 heterocycles. The zero-order valence-corrected chi connectivity index (χ0v) is 10.4. The maximum atomic E-state index is 12.2. The first-order valence-electron chi connectivity index (χ1n) is 6.39. The fourth-order valence-electron chi connectivity index (χ4n) is 2.57. The van der Waals surface area contributed by atoms with Crippen LogP contribution in [0.4, 0.5) is 0 Å². The zero-order chi connectivity index (χ0) is 12.4. The Morgan fingerprint density at radius 3 is 2.88 bits per heavy atom. The molecule has 1 amide bonds. The van der Waals surface area contributed by atoms with Crippen molar-refractivity contribution in [3.05, 3.63) is 0 Å². The first kappa shape index (κ1) is 12.8. The van der Waals surface area contributed by atoms with E-state index in [4.69, 9.17) is 4.74 Å². The van der Waals surface area contributed by atoms with E-state index >= 15 is 0 Å². The van der Waals surface area contributed by atoms with Crippen molar-refractivity contribution in [1.29, 1.82) is 0 Å². The minimum absolute atomic E-state index is 0.0605. The fourth-order valence-corrected chi connectivity index (χ4v) is 2.57. The summed E-state index contributed by atoms with van der Waals surface area (Å²) in [7, 11) is 0. The summed E-state index contributed by atoms with van der Waals surface area (Å²) in [6, 6.07) is 0. The molecule has 0 radical (unpaired) electrons. The Morgan fingerprint density at radius 2 is 2.35 bits per heavy atom. The summed E-state index contributed by atoms with van der Waals surface area (Å²) in [5.41, 5.74) is -1.15. The monoisotopic (exact) mass is 242 g/mol. The standard InChI is InChI=1S/C12H22N2O3/c1-2-11(3-5-13-7-11)10(15)14-8-12(16)4-6-17-9-12/h13,16H,2-9H2,1H3,(H,14,15).